The van der Waals surface area contributed by atoms with E-state index in [0.29, 0.717) is 56.9 Å². The van der Waals surface area contributed by atoms with E-state index in [1.807, 2.05) is 146 Å². The van der Waals surface area contributed by atoms with Crippen molar-refractivity contribution in [2.45, 2.75) is 56.9 Å². The van der Waals surface area contributed by atoms with Crippen LogP contribution in [0.25, 0.3) is 0 Å². The Hall–Kier alpha value is -9.27. The van der Waals surface area contributed by atoms with Crippen molar-refractivity contribution in [1.29, 1.82) is 0 Å². The van der Waals surface area contributed by atoms with E-state index in [1.54, 1.807) is 0 Å². The molecular weight excluding hydrogens is 1090 g/mol. The van der Waals surface area contributed by atoms with Crippen molar-refractivity contribution < 1.29 is 28.4 Å². The summed E-state index contributed by atoms with van der Waals surface area (Å²) >= 11 is 4.55. The Balaban J connectivity index is 0.867. The third kappa shape index (κ3) is 19.7. The number of thioether (sulfide) groups is 3. The van der Waals surface area contributed by atoms with Crippen molar-refractivity contribution in [1.82, 2.24) is 0 Å². The van der Waals surface area contributed by atoms with E-state index < -0.39 is 0 Å². The summed E-state index contributed by atoms with van der Waals surface area (Å²) in [5.74, 6) is 16.5. The molecule has 6 nitrogen and oxygen atoms in total. The molecule has 9 heteroatoms. The Morgan fingerprint density at radius 1 is 0.214 bits per heavy atom. The van der Waals surface area contributed by atoms with Crippen molar-refractivity contribution in [2.75, 3.05) is 0 Å². The second kappa shape index (κ2) is 31.8. The van der Waals surface area contributed by atoms with Gasteiger partial charge < -0.3 is 28.4 Å². The van der Waals surface area contributed by atoms with E-state index in [-0.39, 0.29) is 0 Å². The van der Waals surface area contributed by atoms with E-state index in [4.69, 9.17) is 28.4 Å². The highest BCUT2D eigenvalue weighted by Gasteiger charge is 2.10. The average Bonchev–Trinajstić information content (AvgIpc) is 3.61. The maximum Gasteiger partial charge on any atom is 0.123 e. The van der Waals surface area contributed by atoms with Crippen molar-refractivity contribution in [3.05, 3.63) is 322 Å². The molecule has 0 radical (unpaired) electrons. The summed E-state index contributed by atoms with van der Waals surface area (Å²) in [5.41, 5.74) is 12.1. The molecule has 0 atom stereocenters. The summed E-state index contributed by atoms with van der Waals surface area (Å²) < 4.78 is 37.8. The van der Waals surface area contributed by atoms with Gasteiger partial charge in [0.05, 0.1) is 0 Å². The maximum atomic E-state index is 6.30. The minimum atomic E-state index is 0.446. The fraction of sp³-hybridized carbons (Fsp3) is 0.120. The van der Waals surface area contributed by atoms with Crippen LogP contribution in [0.3, 0.4) is 0 Å². The highest BCUT2D eigenvalue weighted by molar-refractivity contribution is 8.03. The van der Waals surface area contributed by atoms with Gasteiger partial charge in [0.25, 0.3) is 0 Å². The molecule has 0 unspecified atom stereocenters. The smallest absolute Gasteiger partial charge is 0.123 e. The van der Waals surface area contributed by atoms with Crippen LogP contribution in [0.4, 0.5) is 0 Å². The molecule has 0 bridgehead atoms. The number of ether oxygens (including phenoxy) is 6. The van der Waals surface area contributed by atoms with Gasteiger partial charge in [0.1, 0.15) is 74.1 Å². The summed E-state index contributed by atoms with van der Waals surface area (Å²) in [7, 11) is 0. The van der Waals surface area contributed by atoms with Crippen LogP contribution in [0, 0.1) is 33.5 Å². The molecule has 0 amide bonds. The van der Waals surface area contributed by atoms with Gasteiger partial charge in [0.2, 0.25) is 0 Å². The van der Waals surface area contributed by atoms with Crippen LogP contribution in [0.15, 0.2) is 255 Å². The van der Waals surface area contributed by atoms with E-state index in [0.717, 1.165) is 101 Å². The Morgan fingerprint density at radius 3 is 0.595 bits per heavy atom. The molecule has 84 heavy (non-hydrogen) atoms. The molecule has 0 saturated carbocycles. The van der Waals surface area contributed by atoms with Crippen LogP contribution in [0.1, 0.15) is 66.8 Å². The van der Waals surface area contributed by atoms with Crippen molar-refractivity contribution in [2.24, 2.45) is 0 Å². The predicted molar refractivity (Wildman–Crippen MR) is 345 cm³/mol. The van der Waals surface area contributed by atoms with Gasteiger partial charge >= 0.3 is 0 Å². The fourth-order valence-electron chi connectivity index (χ4n) is 8.57. The molecule has 10 aromatic carbocycles. The zero-order valence-corrected chi connectivity index (χ0v) is 48.7. The zero-order valence-electron chi connectivity index (χ0n) is 46.3. The summed E-state index contributed by atoms with van der Waals surface area (Å²) in [5, 5.41) is 10.1. The lowest BCUT2D eigenvalue weighted by molar-refractivity contribution is 0.289. The fourth-order valence-corrected chi connectivity index (χ4v) is 10.4. The van der Waals surface area contributed by atoms with Crippen molar-refractivity contribution in [3.8, 4) is 68.0 Å². The number of hydrogen-bond donors (Lipinski definition) is 0. The summed E-state index contributed by atoms with van der Waals surface area (Å²) in [6, 6.07) is 85.2. The van der Waals surface area contributed by atoms with E-state index >= 15 is 0 Å². The molecule has 10 rings (SSSR count). The molecule has 414 valence electrons. The van der Waals surface area contributed by atoms with Crippen molar-refractivity contribution >= 4 is 35.3 Å². The maximum absolute atomic E-state index is 6.30. The predicted octanol–water partition coefficient (Wildman–Crippen LogP) is 17.9. The largest absolute Gasteiger partial charge is 0.489 e. The molecule has 0 fully saturated rings. The Kier molecular flexibility index (Phi) is 21.9. The summed E-state index contributed by atoms with van der Waals surface area (Å²) in [6.45, 7) is 2.68. The second-order valence-electron chi connectivity index (χ2n) is 19.4. The molecular formula is C75H60O6S3. The number of benzene rings is 10. The van der Waals surface area contributed by atoms with E-state index in [9.17, 15) is 0 Å². The molecule has 0 aromatic heterocycles. The molecule has 0 N–H and O–H groups in total. The zero-order chi connectivity index (χ0) is 57.1. The number of hydrogen-bond acceptors (Lipinski definition) is 9. The summed E-state index contributed by atoms with van der Waals surface area (Å²) in [4.78, 5) is 0. The van der Waals surface area contributed by atoms with E-state index in [1.165, 1.54) is 35.3 Å². The Morgan fingerprint density at radius 2 is 0.405 bits per heavy atom. The van der Waals surface area contributed by atoms with Gasteiger partial charge in [-0.3, -0.25) is 0 Å². The molecule has 0 aliphatic carbocycles. The molecule has 10 aromatic rings. The lowest BCUT2D eigenvalue weighted by Crippen LogP contribution is -1.99. The van der Waals surface area contributed by atoms with Crippen LogP contribution in [-0.4, -0.2) is 0 Å². The first kappa shape index (κ1) is 57.9. The Bertz CT molecular complexity index is 3270. The van der Waals surface area contributed by atoms with Gasteiger partial charge in [-0.1, -0.05) is 235 Å². The topological polar surface area (TPSA) is 55.4 Å². The monoisotopic (exact) mass is 1150 g/mol. The lowest BCUT2D eigenvalue weighted by Gasteiger charge is -2.12. The lowest BCUT2D eigenvalue weighted by atomic mass is 10.1. The van der Waals surface area contributed by atoms with Gasteiger partial charge in [0.15, 0.2) is 0 Å². The van der Waals surface area contributed by atoms with Crippen LogP contribution in [0.5, 0.6) is 34.5 Å². The first-order valence-corrected chi connectivity index (χ1v) is 30.5. The Labute approximate surface area is 506 Å². The second-order valence-corrected chi connectivity index (χ2v) is 21.8. The molecule has 0 aliphatic heterocycles. The first-order chi connectivity index (χ1) is 41.5. The SMILES string of the molecule is C(#Cc1cc(C#CSCc2cc(OCc3ccccc3)cc(OCc3ccccc3)c2)cc(C#CSCc2cc(OCc3ccccc3)cc(OCc3ccccc3)c2)c1)SCc1cc(OCc2ccccc2)cc(OCc2ccccc2)c1. The van der Waals surface area contributed by atoms with Gasteiger partial charge in [-0.05, 0) is 120 Å². The van der Waals surface area contributed by atoms with Crippen LogP contribution >= 0.6 is 35.3 Å². The first-order valence-electron chi connectivity index (χ1n) is 27.5. The molecule has 0 saturated heterocycles. The highest BCUT2D eigenvalue weighted by Crippen LogP contribution is 2.31. The van der Waals surface area contributed by atoms with Gasteiger partial charge in [-0.25, -0.2) is 0 Å². The highest BCUT2D eigenvalue weighted by atomic mass is 32.2. The molecule has 0 spiro atoms. The average molecular weight is 1150 g/mol. The van der Waals surface area contributed by atoms with Crippen LogP contribution in [-0.2, 0) is 56.9 Å². The molecule has 0 heterocycles. The normalized spacial score (nSPS) is 10.4. The minimum absolute atomic E-state index is 0.446. The van der Waals surface area contributed by atoms with Crippen LogP contribution < -0.4 is 28.4 Å². The third-order valence-corrected chi connectivity index (χ3v) is 14.9. The van der Waals surface area contributed by atoms with Gasteiger partial charge in [-0.15, -0.1) is 0 Å². The standard InChI is InChI=1S/C75H60O6S3/c1-7-19-58(20-8-1)49-76-70-40-67(41-71(46-70)77-50-59-21-9-2-10-22-59)55-82-34-31-64-37-65(32-35-83-56-68-42-72(78-51-60-23-11-3-12-24-60)47-73(43-68)79-52-61-25-13-4-14-26-61)39-66(38-64)33-36-84-57-69-44-74(80-53-62-27-15-5-16-28-62)48-75(45-69)81-54-63-29-17-6-18-30-63/h1-30,37-48H,49-57H2. The van der Waals surface area contributed by atoms with E-state index in [2.05, 4.69) is 143 Å². The third-order valence-electron chi connectivity index (χ3n) is 12.8. The summed E-state index contributed by atoms with van der Waals surface area (Å²) in [6.07, 6.45) is 0. The van der Waals surface area contributed by atoms with Gasteiger partial charge in [-0.2, -0.15) is 0 Å². The quantitative estimate of drug-likeness (QED) is 0.0551. The van der Waals surface area contributed by atoms with Gasteiger partial charge in [0, 0.05) is 52.1 Å². The minimum Gasteiger partial charge on any atom is -0.489 e. The van der Waals surface area contributed by atoms with Crippen LogP contribution in [0.2, 0.25) is 0 Å². The number of rotatable bonds is 24. The van der Waals surface area contributed by atoms with Crippen molar-refractivity contribution in [3.63, 3.8) is 0 Å². The molecule has 0 aliphatic rings.